The number of carbonyl (C=O) groups excluding carboxylic acids is 2. The summed E-state index contributed by atoms with van der Waals surface area (Å²) < 4.78 is 5.40. The topological polar surface area (TPSA) is 91.1 Å². The second kappa shape index (κ2) is 8.12. The van der Waals surface area contributed by atoms with Crippen molar-refractivity contribution >= 4 is 29.5 Å². The molecule has 28 heavy (non-hydrogen) atoms. The zero-order valence-electron chi connectivity index (χ0n) is 15.8. The molecule has 1 aliphatic rings. The summed E-state index contributed by atoms with van der Waals surface area (Å²) in [5, 5.41) is 9.06. The van der Waals surface area contributed by atoms with Crippen molar-refractivity contribution in [3.63, 3.8) is 0 Å². The highest BCUT2D eigenvalue weighted by molar-refractivity contribution is 5.95. The zero-order chi connectivity index (χ0) is 20.3. The Morgan fingerprint density at radius 1 is 1.29 bits per heavy atom. The highest BCUT2D eigenvalue weighted by Gasteiger charge is 2.21. The summed E-state index contributed by atoms with van der Waals surface area (Å²) in [6.07, 6.45) is 4.62. The molecule has 0 bridgehead atoms. The minimum Gasteiger partial charge on any atom is -0.478 e. The molecule has 1 saturated heterocycles. The van der Waals surface area contributed by atoms with Crippen LogP contribution in [0.2, 0.25) is 0 Å². The number of hydrogen-bond donors (Lipinski definition) is 1. The van der Waals surface area contributed by atoms with Gasteiger partial charge in [0.1, 0.15) is 17.1 Å². The number of aryl methyl sites for hydroxylation is 1. The van der Waals surface area contributed by atoms with Crippen molar-refractivity contribution in [2.75, 3.05) is 18.5 Å². The van der Waals surface area contributed by atoms with E-state index in [0.29, 0.717) is 17.9 Å². The maximum absolute atomic E-state index is 12.3. The number of nitrogens with zero attached hydrogens (tertiary/aromatic N) is 2. The normalized spacial score (nSPS) is 14.1. The number of amides is 2. The van der Waals surface area contributed by atoms with E-state index in [1.807, 2.05) is 24.3 Å². The van der Waals surface area contributed by atoms with Crippen molar-refractivity contribution in [3.8, 4) is 0 Å². The molecule has 2 heterocycles. The van der Waals surface area contributed by atoms with Crippen molar-refractivity contribution in [3.05, 3.63) is 59.1 Å². The van der Waals surface area contributed by atoms with E-state index in [9.17, 15) is 14.4 Å². The van der Waals surface area contributed by atoms with Crippen LogP contribution < -0.4 is 4.90 Å². The second-order valence-corrected chi connectivity index (χ2v) is 6.76. The van der Waals surface area contributed by atoms with Crippen molar-refractivity contribution in [2.24, 2.45) is 0 Å². The van der Waals surface area contributed by atoms with E-state index in [1.165, 1.54) is 17.0 Å². The van der Waals surface area contributed by atoms with Gasteiger partial charge in [0, 0.05) is 31.8 Å². The van der Waals surface area contributed by atoms with Crippen LogP contribution in [0, 0.1) is 6.92 Å². The Labute approximate surface area is 162 Å². The van der Waals surface area contributed by atoms with Crippen LogP contribution in [0.15, 0.2) is 40.8 Å². The first-order valence-electron chi connectivity index (χ1n) is 9.01. The maximum Gasteiger partial charge on any atom is 0.339 e. The van der Waals surface area contributed by atoms with E-state index in [0.717, 1.165) is 24.2 Å². The molecule has 0 unspecified atom stereocenters. The van der Waals surface area contributed by atoms with Gasteiger partial charge >= 0.3 is 5.97 Å². The largest absolute Gasteiger partial charge is 0.478 e. The molecule has 7 nitrogen and oxygen atoms in total. The fraction of sp³-hybridized carbons (Fsp3) is 0.286. The minimum absolute atomic E-state index is 0.1000. The Bertz CT molecular complexity index is 927. The van der Waals surface area contributed by atoms with E-state index in [-0.39, 0.29) is 23.9 Å². The van der Waals surface area contributed by atoms with Crippen LogP contribution in [0.25, 0.3) is 6.08 Å². The quantitative estimate of drug-likeness (QED) is 0.775. The molecule has 1 N–H and O–H groups in total. The number of furan rings is 1. The molecule has 0 radical (unpaired) electrons. The van der Waals surface area contributed by atoms with Crippen LogP contribution in [0.5, 0.6) is 0 Å². The summed E-state index contributed by atoms with van der Waals surface area (Å²) in [6, 6.07) is 8.90. The third kappa shape index (κ3) is 4.31. The van der Waals surface area contributed by atoms with Gasteiger partial charge in [-0.2, -0.15) is 0 Å². The van der Waals surface area contributed by atoms with Gasteiger partial charge in [0.2, 0.25) is 11.8 Å². The lowest BCUT2D eigenvalue weighted by Gasteiger charge is -2.15. The standard InChI is InChI=1S/C21H22N2O5/c1-14-18(21(26)27)12-17(28-14)13-22(2)19(24)10-7-15-5-8-16(9-6-15)23-11-3-4-20(23)25/h5-10,12H,3-4,11,13H2,1-2H3,(H,26,27)/b10-7+. The first-order valence-corrected chi connectivity index (χ1v) is 9.01. The molecular weight excluding hydrogens is 360 g/mol. The Balaban J connectivity index is 1.60. The van der Waals surface area contributed by atoms with Gasteiger partial charge in [-0.3, -0.25) is 9.59 Å². The van der Waals surface area contributed by atoms with Crippen LogP contribution in [0.3, 0.4) is 0 Å². The van der Waals surface area contributed by atoms with Gasteiger partial charge in [-0.25, -0.2) is 4.79 Å². The van der Waals surface area contributed by atoms with Gasteiger partial charge in [0.25, 0.3) is 0 Å². The third-order valence-electron chi connectivity index (χ3n) is 4.66. The molecule has 7 heteroatoms. The van der Waals surface area contributed by atoms with E-state index in [4.69, 9.17) is 9.52 Å². The number of carboxylic acid groups (broad SMARTS) is 1. The number of anilines is 1. The average Bonchev–Trinajstić information content (AvgIpc) is 3.25. The zero-order valence-corrected chi connectivity index (χ0v) is 15.8. The van der Waals surface area contributed by atoms with E-state index in [2.05, 4.69) is 0 Å². The summed E-state index contributed by atoms with van der Waals surface area (Å²) in [7, 11) is 1.62. The van der Waals surface area contributed by atoms with Gasteiger partial charge in [-0.15, -0.1) is 0 Å². The monoisotopic (exact) mass is 382 g/mol. The maximum atomic E-state index is 12.3. The van der Waals surface area contributed by atoms with Gasteiger partial charge in [-0.1, -0.05) is 12.1 Å². The Hall–Kier alpha value is -3.35. The van der Waals surface area contributed by atoms with Crippen LogP contribution in [-0.4, -0.2) is 41.4 Å². The van der Waals surface area contributed by atoms with Crippen molar-refractivity contribution in [1.82, 2.24) is 4.90 Å². The number of carbonyl (C=O) groups is 3. The molecule has 2 amide bonds. The van der Waals surface area contributed by atoms with Gasteiger partial charge < -0.3 is 19.3 Å². The summed E-state index contributed by atoms with van der Waals surface area (Å²) in [4.78, 5) is 38.4. The fourth-order valence-electron chi connectivity index (χ4n) is 3.13. The molecule has 146 valence electrons. The van der Waals surface area contributed by atoms with Crippen LogP contribution in [0.4, 0.5) is 5.69 Å². The lowest BCUT2D eigenvalue weighted by molar-refractivity contribution is -0.125. The first kappa shape index (κ1) is 19.4. The van der Waals surface area contributed by atoms with E-state index < -0.39 is 5.97 Å². The number of carboxylic acids is 1. The van der Waals surface area contributed by atoms with Crippen LogP contribution in [0.1, 0.15) is 40.3 Å². The fourth-order valence-corrected chi connectivity index (χ4v) is 3.13. The molecular formula is C21H22N2O5. The predicted octanol–water partition coefficient (Wildman–Crippen LogP) is 3.08. The number of aromatic carboxylic acids is 1. The molecule has 0 aliphatic carbocycles. The van der Waals surface area contributed by atoms with Crippen LogP contribution >= 0.6 is 0 Å². The van der Waals surface area contributed by atoms with Crippen molar-refractivity contribution in [1.29, 1.82) is 0 Å². The molecule has 1 aromatic heterocycles. The Kier molecular flexibility index (Phi) is 5.63. The van der Waals surface area contributed by atoms with Gasteiger partial charge in [0.15, 0.2) is 0 Å². The highest BCUT2D eigenvalue weighted by atomic mass is 16.4. The number of benzene rings is 1. The summed E-state index contributed by atoms with van der Waals surface area (Å²) in [5.74, 6) is -0.418. The first-order chi connectivity index (χ1) is 13.3. The lowest BCUT2D eigenvalue weighted by atomic mass is 10.2. The number of rotatable bonds is 6. The SMILES string of the molecule is Cc1oc(CN(C)C(=O)/C=C/c2ccc(N3CCCC3=O)cc2)cc1C(=O)O. The molecule has 0 saturated carbocycles. The second-order valence-electron chi connectivity index (χ2n) is 6.76. The summed E-state index contributed by atoms with van der Waals surface area (Å²) >= 11 is 0. The molecule has 1 aliphatic heterocycles. The number of hydrogen-bond acceptors (Lipinski definition) is 4. The van der Waals surface area contributed by atoms with Crippen LogP contribution in [-0.2, 0) is 16.1 Å². The molecule has 0 atom stereocenters. The van der Waals surface area contributed by atoms with Crippen molar-refractivity contribution in [2.45, 2.75) is 26.3 Å². The van der Waals surface area contributed by atoms with Crippen molar-refractivity contribution < 1.29 is 23.9 Å². The lowest BCUT2D eigenvalue weighted by Crippen LogP contribution is -2.24. The molecule has 1 aromatic carbocycles. The summed E-state index contributed by atoms with van der Waals surface area (Å²) in [6.45, 7) is 2.49. The number of likely N-dealkylation sites (N-methyl/N-ethyl adjacent to an activating group) is 1. The van der Waals surface area contributed by atoms with E-state index >= 15 is 0 Å². The molecule has 0 spiro atoms. The predicted molar refractivity (Wildman–Crippen MR) is 104 cm³/mol. The minimum atomic E-state index is -1.06. The molecule has 2 aromatic rings. The Morgan fingerprint density at radius 3 is 2.57 bits per heavy atom. The van der Waals surface area contributed by atoms with E-state index in [1.54, 1.807) is 24.9 Å². The third-order valence-corrected chi connectivity index (χ3v) is 4.66. The molecule has 3 rings (SSSR count). The molecule has 1 fully saturated rings. The smallest absolute Gasteiger partial charge is 0.339 e. The van der Waals surface area contributed by atoms with Gasteiger partial charge in [0.05, 0.1) is 6.54 Å². The summed E-state index contributed by atoms with van der Waals surface area (Å²) in [5.41, 5.74) is 1.81. The Morgan fingerprint density at radius 2 is 2.00 bits per heavy atom. The average molecular weight is 382 g/mol. The highest BCUT2D eigenvalue weighted by Crippen LogP contribution is 2.22. The van der Waals surface area contributed by atoms with Gasteiger partial charge in [-0.05, 0) is 43.2 Å².